The predicted octanol–water partition coefficient (Wildman–Crippen LogP) is 1.83. The number of hydrogen-bond acceptors (Lipinski definition) is 4. The number of benzene rings is 1. The zero-order valence-electron chi connectivity index (χ0n) is 11.4. The van der Waals surface area contributed by atoms with Crippen LogP contribution in [-0.2, 0) is 16.6 Å². The van der Waals surface area contributed by atoms with Crippen molar-refractivity contribution in [3.63, 3.8) is 0 Å². The lowest BCUT2D eigenvalue weighted by Crippen LogP contribution is -2.44. The van der Waals surface area contributed by atoms with Gasteiger partial charge in [0.1, 0.15) is 10.7 Å². The Bertz CT molecular complexity index is 581. The highest BCUT2D eigenvalue weighted by atomic mass is 32.2. The molecule has 0 radical (unpaired) electrons. The van der Waals surface area contributed by atoms with E-state index >= 15 is 0 Å². The van der Waals surface area contributed by atoms with Crippen LogP contribution in [0.25, 0.3) is 0 Å². The molecule has 0 amide bonds. The van der Waals surface area contributed by atoms with Crippen LogP contribution in [-0.4, -0.2) is 41.4 Å². The van der Waals surface area contributed by atoms with E-state index in [2.05, 4.69) is 0 Å². The minimum atomic E-state index is -3.82. The second-order valence-electron chi connectivity index (χ2n) is 5.00. The van der Waals surface area contributed by atoms with Gasteiger partial charge in [-0.05, 0) is 17.7 Å². The predicted molar refractivity (Wildman–Crippen MR) is 77.6 cm³/mol. The molecule has 1 heterocycles. The average Bonchev–Trinajstić information content (AvgIpc) is 2.37. The van der Waals surface area contributed by atoms with Gasteiger partial charge in [0, 0.05) is 23.6 Å². The SMILES string of the molecule is CC1CN(S(=O)(=O)c2ccc(CO)cc2F)CC(C)S1. The monoisotopic (exact) mass is 319 g/mol. The molecule has 0 saturated carbocycles. The summed E-state index contributed by atoms with van der Waals surface area (Å²) in [5, 5.41) is 9.32. The van der Waals surface area contributed by atoms with Gasteiger partial charge in [-0.2, -0.15) is 16.1 Å². The van der Waals surface area contributed by atoms with Gasteiger partial charge in [0.25, 0.3) is 0 Å². The third-order valence-corrected chi connectivity index (χ3v) is 6.28. The first-order valence-electron chi connectivity index (χ1n) is 6.39. The Morgan fingerprint density at radius 1 is 1.35 bits per heavy atom. The van der Waals surface area contributed by atoms with Gasteiger partial charge in [-0.25, -0.2) is 12.8 Å². The van der Waals surface area contributed by atoms with Crippen molar-refractivity contribution in [2.45, 2.75) is 35.8 Å². The summed E-state index contributed by atoms with van der Waals surface area (Å²) in [6, 6.07) is 3.73. The Labute approximate surface area is 123 Å². The molecule has 1 N–H and O–H groups in total. The first-order chi connectivity index (χ1) is 9.34. The van der Waals surface area contributed by atoms with Crippen LogP contribution in [0.4, 0.5) is 4.39 Å². The van der Waals surface area contributed by atoms with E-state index in [-0.39, 0.29) is 22.0 Å². The number of hydrogen-bond donors (Lipinski definition) is 1. The van der Waals surface area contributed by atoms with Crippen LogP contribution >= 0.6 is 11.8 Å². The van der Waals surface area contributed by atoms with Gasteiger partial charge >= 0.3 is 0 Å². The third-order valence-electron chi connectivity index (χ3n) is 3.18. The zero-order chi connectivity index (χ0) is 14.9. The molecule has 1 aliphatic heterocycles. The van der Waals surface area contributed by atoms with Crippen molar-refractivity contribution in [3.05, 3.63) is 29.6 Å². The van der Waals surface area contributed by atoms with E-state index in [4.69, 9.17) is 5.11 Å². The summed E-state index contributed by atoms with van der Waals surface area (Å²) in [5.74, 6) is -0.810. The van der Waals surface area contributed by atoms with E-state index in [0.717, 1.165) is 6.07 Å². The molecule has 2 rings (SSSR count). The fourth-order valence-corrected chi connectivity index (χ4v) is 5.50. The smallest absolute Gasteiger partial charge is 0.246 e. The number of aliphatic hydroxyl groups excluding tert-OH is 1. The first kappa shape index (κ1) is 15.8. The number of aliphatic hydroxyl groups is 1. The molecule has 20 heavy (non-hydrogen) atoms. The highest BCUT2D eigenvalue weighted by Crippen LogP contribution is 2.29. The minimum absolute atomic E-state index is 0.188. The summed E-state index contributed by atoms with van der Waals surface area (Å²) < 4.78 is 40.3. The molecule has 2 atom stereocenters. The van der Waals surface area contributed by atoms with Crippen LogP contribution < -0.4 is 0 Å². The summed E-state index contributed by atoms with van der Waals surface area (Å²) in [4.78, 5) is -0.319. The van der Waals surface area contributed by atoms with E-state index in [9.17, 15) is 12.8 Å². The summed E-state index contributed by atoms with van der Waals surface area (Å²) in [6.45, 7) is 4.39. The van der Waals surface area contributed by atoms with Crippen molar-refractivity contribution in [2.75, 3.05) is 13.1 Å². The lowest BCUT2D eigenvalue weighted by atomic mass is 10.2. The van der Waals surface area contributed by atoms with Crippen molar-refractivity contribution in [3.8, 4) is 0 Å². The Kier molecular flexibility index (Phi) is 4.73. The summed E-state index contributed by atoms with van der Waals surface area (Å²) in [5.41, 5.74) is 0.359. The van der Waals surface area contributed by atoms with E-state index in [1.165, 1.54) is 16.4 Å². The minimum Gasteiger partial charge on any atom is -0.392 e. The molecule has 4 nitrogen and oxygen atoms in total. The van der Waals surface area contributed by atoms with E-state index in [1.54, 1.807) is 11.8 Å². The molecular weight excluding hydrogens is 301 g/mol. The maximum Gasteiger partial charge on any atom is 0.246 e. The molecule has 1 saturated heterocycles. The van der Waals surface area contributed by atoms with Gasteiger partial charge in [0.15, 0.2) is 0 Å². The molecule has 1 aromatic rings. The van der Waals surface area contributed by atoms with Gasteiger partial charge in [-0.15, -0.1) is 0 Å². The summed E-state index contributed by atoms with van der Waals surface area (Å²) in [7, 11) is -3.82. The van der Waals surface area contributed by atoms with E-state index in [0.29, 0.717) is 18.7 Å². The quantitative estimate of drug-likeness (QED) is 0.923. The molecule has 0 spiro atoms. The molecule has 1 aromatic carbocycles. The second-order valence-corrected chi connectivity index (χ2v) is 8.79. The van der Waals surface area contributed by atoms with Gasteiger partial charge in [-0.1, -0.05) is 19.9 Å². The first-order valence-corrected chi connectivity index (χ1v) is 8.77. The molecule has 0 bridgehead atoms. The van der Waals surface area contributed by atoms with E-state index in [1.807, 2.05) is 13.8 Å². The van der Waals surface area contributed by atoms with Crippen molar-refractivity contribution in [2.24, 2.45) is 0 Å². The fraction of sp³-hybridized carbons (Fsp3) is 0.538. The van der Waals surface area contributed by atoms with Gasteiger partial charge in [0.2, 0.25) is 10.0 Å². The molecular formula is C13H18FNO3S2. The van der Waals surface area contributed by atoms with Crippen molar-refractivity contribution >= 4 is 21.8 Å². The lowest BCUT2D eigenvalue weighted by molar-refractivity contribution is 0.281. The standard InChI is InChI=1S/C13H18FNO3S2/c1-9-6-15(7-10(2)19-9)20(17,18)13-4-3-11(8-16)5-12(13)14/h3-5,9-10,16H,6-8H2,1-2H3. The number of thioether (sulfide) groups is 1. The van der Waals surface area contributed by atoms with Crippen LogP contribution in [0.3, 0.4) is 0 Å². The largest absolute Gasteiger partial charge is 0.392 e. The zero-order valence-corrected chi connectivity index (χ0v) is 13.0. The van der Waals surface area contributed by atoms with Crippen molar-refractivity contribution in [1.29, 1.82) is 0 Å². The number of rotatable bonds is 3. The maximum atomic E-state index is 14.0. The number of nitrogens with zero attached hydrogens (tertiary/aromatic N) is 1. The third kappa shape index (κ3) is 3.16. The van der Waals surface area contributed by atoms with Crippen LogP contribution in [0, 0.1) is 5.82 Å². The highest BCUT2D eigenvalue weighted by molar-refractivity contribution is 8.00. The molecule has 112 valence electrons. The van der Waals surface area contributed by atoms with Crippen LogP contribution in [0.5, 0.6) is 0 Å². The number of halogens is 1. The Morgan fingerprint density at radius 2 is 1.95 bits per heavy atom. The summed E-state index contributed by atoms with van der Waals surface area (Å²) >= 11 is 1.73. The van der Waals surface area contributed by atoms with Gasteiger partial charge in [0.05, 0.1) is 6.61 Å². The summed E-state index contributed by atoms with van der Waals surface area (Å²) in [6.07, 6.45) is 0. The molecule has 0 aromatic heterocycles. The molecule has 1 aliphatic rings. The molecule has 7 heteroatoms. The van der Waals surface area contributed by atoms with Crippen LogP contribution in [0.15, 0.2) is 23.1 Å². The highest BCUT2D eigenvalue weighted by Gasteiger charge is 2.33. The molecule has 0 aliphatic carbocycles. The van der Waals surface area contributed by atoms with E-state index < -0.39 is 15.8 Å². The molecule has 2 unspecified atom stereocenters. The van der Waals surface area contributed by atoms with Crippen LogP contribution in [0.2, 0.25) is 0 Å². The average molecular weight is 319 g/mol. The topological polar surface area (TPSA) is 57.6 Å². The fourth-order valence-electron chi connectivity index (χ4n) is 2.32. The van der Waals surface area contributed by atoms with Gasteiger partial charge in [-0.3, -0.25) is 0 Å². The lowest BCUT2D eigenvalue weighted by Gasteiger charge is -2.33. The van der Waals surface area contributed by atoms with Crippen LogP contribution in [0.1, 0.15) is 19.4 Å². The maximum absolute atomic E-state index is 14.0. The molecule has 1 fully saturated rings. The Hall–Kier alpha value is -0.630. The second kappa shape index (κ2) is 6.01. The van der Waals surface area contributed by atoms with Crippen molar-refractivity contribution < 1.29 is 17.9 Å². The Balaban J connectivity index is 2.35. The number of sulfonamides is 1. The van der Waals surface area contributed by atoms with Gasteiger partial charge < -0.3 is 5.11 Å². The normalized spacial score (nSPS) is 24.8. The van der Waals surface area contributed by atoms with Crippen molar-refractivity contribution in [1.82, 2.24) is 4.31 Å². The Morgan fingerprint density at radius 3 is 2.45 bits per heavy atom.